The Hall–Kier alpha value is -0.890. The van der Waals surface area contributed by atoms with Gasteiger partial charge in [-0.05, 0) is 24.8 Å². The van der Waals surface area contributed by atoms with Crippen molar-refractivity contribution in [2.75, 3.05) is 18.6 Å². The summed E-state index contributed by atoms with van der Waals surface area (Å²) in [5.74, 6) is 1.04. The lowest BCUT2D eigenvalue weighted by molar-refractivity contribution is 0.275. The van der Waals surface area contributed by atoms with Gasteiger partial charge in [-0.15, -0.1) is 0 Å². The first-order valence-electron chi connectivity index (χ1n) is 4.66. The third kappa shape index (κ3) is 4.38. The number of thioether (sulfide) groups is 1. The molecule has 1 aromatic carbocycles. The molecule has 0 unspecified atom stereocenters. The molecule has 1 rings (SSSR count). The van der Waals surface area contributed by atoms with Crippen LogP contribution >= 0.6 is 11.8 Å². The maximum Gasteiger partial charge on any atom is 0.0963 e. The van der Waals surface area contributed by atoms with Crippen LogP contribution in [-0.4, -0.2) is 18.6 Å². The standard InChI is InChI=1S/C12H16OS/c1-11-3-5-12(6-4-11)7-8-13-9-10-14-2/h3-8H,9-10H2,1-2H3/b8-7+. The van der Waals surface area contributed by atoms with Crippen molar-refractivity contribution in [1.82, 2.24) is 0 Å². The van der Waals surface area contributed by atoms with Crippen molar-refractivity contribution in [2.24, 2.45) is 0 Å². The fourth-order valence-corrected chi connectivity index (χ4v) is 1.27. The van der Waals surface area contributed by atoms with Crippen LogP contribution in [-0.2, 0) is 4.74 Å². The van der Waals surface area contributed by atoms with E-state index in [2.05, 4.69) is 37.4 Å². The van der Waals surface area contributed by atoms with E-state index in [0.717, 1.165) is 12.4 Å². The Morgan fingerprint density at radius 2 is 2.00 bits per heavy atom. The number of hydrogen-bond acceptors (Lipinski definition) is 2. The van der Waals surface area contributed by atoms with Crippen LogP contribution in [0.5, 0.6) is 0 Å². The summed E-state index contributed by atoms with van der Waals surface area (Å²) in [5.41, 5.74) is 2.46. The quantitative estimate of drug-likeness (QED) is 0.542. The molecular formula is C12H16OS. The van der Waals surface area contributed by atoms with Gasteiger partial charge >= 0.3 is 0 Å². The van der Waals surface area contributed by atoms with Crippen molar-refractivity contribution in [1.29, 1.82) is 0 Å². The van der Waals surface area contributed by atoms with E-state index in [1.807, 2.05) is 6.08 Å². The Kier molecular flexibility index (Phi) is 5.23. The van der Waals surface area contributed by atoms with Crippen molar-refractivity contribution >= 4 is 17.8 Å². The summed E-state index contributed by atoms with van der Waals surface area (Å²) in [6, 6.07) is 8.37. The first-order chi connectivity index (χ1) is 6.83. The number of benzene rings is 1. The van der Waals surface area contributed by atoms with Crippen molar-refractivity contribution < 1.29 is 4.74 Å². The molecule has 14 heavy (non-hydrogen) atoms. The Morgan fingerprint density at radius 3 is 2.64 bits per heavy atom. The molecule has 1 aromatic rings. The summed E-state index contributed by atoms with van der Waals surface area (Å²) >= 11 is 1.79. The predicted octanol–water partition coefficient (Wildman–Crippen LogP) is 3.35. The highest BCUT2D eigenvalue weighted by Crippen LogP contribution is 2.05. The van der Waals surface area contributed by atoms with E-state index in [9.17, 15) is 0 Å². The van der Waals surface area contributed by atoms with Gasteiger partial charge in [0.05, 0.1) is 12.9 Å². The highest BCUT2D eigenvalue weighted by atomic mass is 32.2. The van der Waals surface area contributed by atoms with E-state index in [1.54, 1.807) is 18.0 Å². The number of ether oxygens (including phenoxy) is 1. The second-order valence-corrected chi connectivity index (χ2v) is 4.06. The minimum atomic E-state index is 0.781. The molecule has 0 radical (unpaired) electrons. The summed E-state index contributed by atoms with van der Waals surface area (Å²) in [6.45, 7) is 2.87. The molecule has 0 heterocycles. The maximum atomic E-state index is 5.31. The van der Waals surface area contributed by atoms with Crippen LogP contribution in [0.1, 0.15) is 11.1 Å². The normalized spacial score (nSPS) is 10.7. The third-order valence-corrected chi connectivity index (χ3v) is 2.41. The van der Waals surface area contributed by atoms with E-state index in [4.69, 9.17) is 4.74 Å². The maximum absolute atomic E-state index is 5.31. The fourth-order valence-electron chi connectivity index (χ4n) is 1.00. The Morgan fingerprint density at radius 1 is 1.29 bits per heavy atom. The van der Waals surface area contributed by atoms with Gasteiger partial charge in [0.25, 0.3) is 0 Å². The minimum absolute atomic E-state index is 0.781. The van der Waals surface area contributed by atoms with Crippen molar-refractivity contribution in [3.63, 3.8) is 0 Å². The highest BCUT2D eigenvalue weighted by molar-refractivity contribution is 7.98. The molecule has 2 heteroatoms. The van der Waals surface area contributed by atoms with Crippen LogP contribution in [0.3, 0.4) is 0 Å². The topological polar surface area (TPSA) is 9.23 Å². The summed E-state index contributed by atoms with van der Waals surface area (Å²) < 4.78 is 5.31. The molecule has 76 valence electrons. The van der Waals surface area contributed by atoms with Gasteiger partial charge in [-0.3, -0.25) is 0 Å². The van der Waals surface area contributed by atoms with Gasteiger partial charge in [0.15, 0.2) is 0 Å². The van der Waals surface area contributed by atoms with Crippen LogP contribution in [0, 0.1) is 6.92 Å². The lowest BCUT2D eigenvalue weighted by Crippen LogP contribution is -1.89. The van der Waals surface area contributed by atoms with Gasteiger partial charge in [-0.2, -0.15) is 11.8 Å². The summed E-state index contributed by atoms with van der Waals surface area (Å²) in [4.78, 5) is 0. The first-order valence-corrected chi connectivity index (χ1v) is 6.06. The first kappa shape index (κ1) is 11.2. The van der Waals surface area contributed by atoms with Crippen LogP contribution in [0.15, 0.2) is 30.5 Å². The molecule has 0 saturated carbocycles. The zero-order chi connectivity index (χ0) is 10.2. The molecule has 0 aliphatic carbocycles. The van der Waals surface area contributed by atoms with Crippen molar-refractivity contribution in [3.8, 4) is 0 Å². The van der Waals surface area contributed by atoms with Gasteiger partial charge in [-0.25, -0.2) is 0 Å². The molecular weight excluding hydrogens is 192 g/mol. The largest absolute Gasteiger partial charge is 0.500 e. The molecule has 0 spiro atoms. The minimum Gasteiger partial charge on any atom is -0.500 e. The summed E-state index contributed by atoms with van der Waals surface area (Å²) in [6.07, 6.45) is 5.83. The predicted molar refractivity (Wildman–Crippen MR) is 64.5 cm³/mol. The smallest absolute Gasteiger partial charge is 0.0963 e. The molecule has 0 N–H and O–H groups in total. The van der Waals surface area contributed by atoms with Crippen LogP contribution < -0.4 is 0 Å². The second kappa shape index (κ2) is 6.55. The Balaban J connectivity index is 2.33. The van der Waals surface area contributed by atoms with Crippen molar-refractivity contribution in [3.05, 3.63) is 41.7 Å². The van der Waals surface area contributed by atoms with Gasteiger partial charge in [0.1, 0.15) is 0 Å². The van der Waals surface area contributed by atoms with Crippen LogP contribution in [0.2, 0.25) is 0 Å². The van der Waals surface area contributed by atoms with Crippen LogP contribution in [0.4, 0.5) is 0 Å². The summed E-state index contributed by atoms with van der Waals surface area (Å²) in [7, 11) is 0. The number of aryl methyl sites for hydroxylation is 1. The third-order valence-electron chi connectivity index (χ3n) is 1.84. The Labute approximate surface area is 90.2 Å². The Bertz CT molecular complexity index is 277. The average Bonchev–Trinajstić information content (AvgIpc) is 2.21. The molecule has 0 atom stereocenters. The zero-order valence-corrected chi connectivity index (χ0v) is 9.51. The molecule has 0 fully saturated rings. The zero-order valence-electron chi connectivity index (χ0n) is 8.69. The molecule has 0 aliphatic rings. The molecule has 0 aliphatic heterocycles. The second-order valence-electron chi connectivity index (χ2n) is 3.08. The van der Waals surface area contributed by atoms with Gasteiger partial charge in [-0.1, -0.05) is 29.8 Å². The molecule has 0 bridgehead atoms. The monoisotopic (exact) mass is 208 g/mol. The number of hydrogen-bond donors (Lipinski definition) is 0. The number of rotatable bonds is 5. The molecule has 0 amide bonds. The molecule has 0 saturated heterocycles. The summed E-state index contributed by atoms with van der Waals surface area (Å²) in [5, 5.41) is 0. The van der Waals surface area contributed by atoms with E-state index in [1.165, 1.54) is 11.1 Å². The van der Waals surface area contributed by atoms with Gasteiger partial charge < -0.3 is 4.74 Å². The van der Waals surface area contributed by atoms with E-state index >= 15 is 0 Å². The van der Waals surface area contributed by atoms with Gasteiger partial charge in [0, 0.05) is 5.75 Å². The lowest BCUT2D eigenvalue weighted by atomic mass is 10.1. The highest BCUT2D eigenvalue weighted by Gasteiger charge is 1.86. The van der Waals surface area contributed by atoms with Gasteiger partial charge in [0.2, 0.25) is 0 Å². The van der Waals surface area contributed by atoms with E-state index in [-0.39, 0.29) is 0 Å². The molecule has 1 nitrogen and oxygen atoms in total. The van der Waals surface area contributed by atoms with E-state index < -0.39 is 0 Å². The van der Waals surface area contributed by atoms with Crippen molar-refractivity contribution in [2.45, 2.75) is 6.92 Å². The SMILES string of the molecule is CSCCO/C=C/c1ccc(C)cc1. The van der Waals surface area contributed by atoms with E-state index in [0.29, 0.717) is 0 Å². The molecule has 0 aromatic heterocycles. The lowest BCUT2D eigenvalue weighted by Gasteiger charge is -1.98. The fraction of sp³-hybridized carbons (Fsp3) is 0.333. The average molecular weight is 208 g/mol. The van der Waals surface area contributed by atoms with Crippen LogP contribution in [0.25, 0.3) is 6.08 Å².